The van der Waals surface area contributed by atoms with Gasteiger partial charge in [0.1, 0.15) is 5.75 Å². The van der Waals surface area contributed by atoms with Crippen molar-refractivity contribution in [2.75, 3.05) is 35.7 Å². The molecule has 0 aromatic heterocycles. The number of hydrogen-bond acceptors (Lipinski definition) is 4. The van der Waals surface area contributed by atoms with Crippen LogP contribution in [0.5, 0.6) is 5.75 Å². The molecule has 9 heteroatoms. The number of ether oxygens (including phenoxy) is 1. The van der Waals surface area contributed by atoms with E-state index < -0.39 is 13.4 Å². The molecule has 0 saturated heterocycles. The average Bonchev–Trinajstić information content (AvgIpc) is 2.88. The molecule has 0 radical (unpaired) electrons. The highest BCUT2D eigenvalue weighted by Crippen LogP contribution is 2.62. The Kier molecular flexibility index (Phi) is 8.31. The number of hydrogen-bond donors (Lipinski definition) is 0. The van der Waals surface area contributed by atoms with E-state index in [4.69, 9.17) is 32.7 Å². The lowest BCUT2D eigenvalue weighted by molar-refractivity contribution is 0.210. The van der Waals surface area contributed by atoms with Gasteiger partial charge >= 0.3 is 6.09 Å². The molecule has 3 aromatic rings. The second-order valence-corrected chi connectivity index (χ2v) is 11.8. The molecule has 0 fully saturated rings. The average molecular weight is 545 g/mol. The molecule has 36 heavy (non-hydrogen) atoms. The van der Waals surface area contributed by atoms with Crippen LogP contribution < -0.4 is 19.6 Å². The summed E-state index contributed by atoms with van der Waals surface area (Å²) in [4.78, 5) is 16.1. The first kappa shape index (κ1) is 26.6. The van der Waals surface area contributed by atoms with E-state index in [1.807, 2.05) is 36.4 Å². The lowest BCUT2D eigenvalue weighted by Gasteiger charge is -2.45. The zero-order chi connectivity index (χ0) is 25.9. The molecular weight excluding hydrogens is 514 g/mol. The topological polar surface area (TPSA) is 48.4 Å². The van der Waals surface area contributed by atoms with Crippen LogP contribution in [0.3, 0.4) is 0 Å². The van der Waals surface area contributed by atoms with Gasteiger partial charge in [0, 0.05) is 37.9 Å². The minimum atomic E-state index is -2.91. The van der Waals surface area contributed by atoms with E-state index in [9.17, 15) is 4.79 Å². The quantitative estimate of drug-likeness (QED) is 0.268. The molecule has 1 atom stereocenters. The molecule has 0 aliphatic carbocycles. The molecule has 1 aliphatic heterocycles. The first-order valence-electron chi connectivity index (χ1n) is 12.2. The van der Waals surface area contributed by atoms with Crippen molar-refractivity contribution in [1.82, 2.24) is 4.67 Å². The number of amides is 1. The zero-order valence-corrected chi connectivity index (χ0v) is 23.4. The molecular formula is C27H31Cl2N4O2P. The molecule has 1 amide bonds. The minimum absolute atomic E-state index is 0.363. The predicted octanol–water partition coefficient (Wildman–Crippen LogP) is 8.19. The van der Waals surface area contributed by atoms with Gasteiger partial charge in [-0.15, -0.1) is 0 Å². The second-order valence-electron chi connectivity index (χ2n) is 8.25. The van der Waals surface area contributed by atoms with Gasteiger partial charge in [0.05, 0.1) is 26.7 Å². The van der Waals surface area contributed by atoms with Gasteiger partial charge in [0.2, 0.25) is 0 Å². The minimum Gasteiger partial charge on any atom is -0.409 e. The van der Waals surface area contributed by atoms with Crippen LogP contribution in [0.1, 0.15) is 27.7 Å². The van der Waals surface area contributed by atoms with Gasteiger partial charge in [0.15, 0.2) is 7.36 Å². The predicted molar refractivity (Wildman–Crippen MR) is 153 cm³/mol. The van der Waals surface area contributed by atoms with Crippen LogP contribution in [0.2, 0.25) is 10.0 Å². The fourth-order valence-corrected chi connectivity index (χ4v) is 8.60. The summed E-state index contributed by atoms with van der Waals surface area (Å²) in [5, 5.41) is 1.67. The smallest absolute Gasteiger partial charge is 0.409 e. The molecule has 1 aliphatic rings. The Balaban J connectivity index is 2.09. The summed E-state index contributed by atoms with van der Waals surface area (Å²) in [6.45, 7) is 11.5. The Morgan fingerprint density at radius 3 is 2.17 bits per heavy atom. The Morgan fingerprint density at radius 1 is 0.861 bits per heavy atom. The van der Waals surface area contributed by atoms with Gasteiger partial charge in [-0.3, -0.25) is 0 Å². The van der Waals surface area contributed by atoms with Gasteiger partial charge in [-0.25, -0.2) is 18.9 Å². The summed E-state index contributed by atoms with van der Waals surface area (Å²) in [5.74, 6) is 0.542. The lowest BCUT2D eigenvalue weighted by Crippen LogP contribution is -2.46. The van der Waals surface area contributed by atoms with E-state index >= 15 is 0 Å². The molecule has 0 saturated carbocycles. The summed E-state index contributed by atoms with van der Waals surface area (Å²) in [6, 6.07) is 21.1. The number of rotatable bonds is 8. The zero-order valence-electron chi connectivity index (χ0n) is 21.0. The van der Waals surface area contributed by atoms with Crippen LogP contribution >= 0.6 is 30.6 Å². The van der Waals surface area contributed by atoms with Crippen LogP contribution in [0.25, 0.3) is 0 Å². The molecule has 4 rings (SSSR count). The molecule has 190 valence electrons. The fraction of sp³-hybridized carbons (Fsp3) is 0.296. The Hall–Kier alpha value is -2.50. The summed E-state index contributed by atoms with van der Waals surface area (Å²) >= 11 is 12.7. The number of carbonyl (C=O) groups excluding carboxylic acids is 1. The molecule has 1 unspecified atom stereocenters. The van der Waals surface area contributed by atoms with Crippen molar-refractivity contribution in [1.29, 1.82) is 0 Å². The van der Waals surface area contributed by atoms with E-state index in [2.05, 4.69) is 49.4 Å². The standard InChI is InChI=1S/C27H31Cl2N4O2P/c1-5-31(6-2)21-15-17-26-25(19-21)35-27(34)33(22-14-16-23(28)24(29)18-22)36(26,32(7-3)8-4)30-20-12-10-9-11-13-20/h9-19H,5-8H2,1-4H3. The summed E-state index contributed by atoms with van der Waals surface area (Å²) < 4.78 is 15.3. The first-order chi connectivity index (χ1) is 17.4. The van der Waals surface area contributed by atoms with Crippen molar-refractivity contribution in [3.8, 4) is 5.75 Å². The van der Waals surface area contributed by atoms with Gasteiger partial charge in [0.25, 0.3) is 0 Å². The van der Waals surface area contributed by atoms with Crippen LogP contribution in [0.15, 0.2) is 71.5 Å². The van der Waals surface area contributed by atoms with E-state index in [0.29, 0.717) is 34.6 Å². The van der Waals surface area contributed by atoms with Gasteiger partial charge in [-0.1, -0.05) is 55.2 Å². The highest BCUT2D eigenvalue weighted by atomic mass is 35.5. The highest BCUT2D eigenvalue weighted by Gasteiger charge is 2.46. The summed E-state index contributed by atoms with van der Waals surface area (Å²) in [6.07, 6.45) is -0.488. The van der Waals surface area contributed by atoms with Crippen molar-refractivity contribution in [3.05, 3.63) is 76.8 Å². The monoisotopic (exact) mass is 544 g/mol. The third-order valence-electron chi connectivity index (χ3n) is 6.33. The summed E-state index contributed by atoms with van der Waals surface area (Å²) in [7, 11) is -2.91. The normalized spacial score (nSPS) is 17.1. The second kappa shape index (κ2) is 11.3. The van der Waals surface area contributed by atoms with Crippen molar-refractivity contribution in [2.24, 2.45) is 4.74 Å². The SMILES string of the molecule is CCN(CC)c1ccc2c(c1)OC(=O)N(c1ccc(Cl)c(Cl)c1)P2(=Nc1ccccc1)N(CC)CC. The van der Waals surface area contributed by atoms with Gasteiger partial charge in [-0.2, -0.15) is 0 Å². The molecule has 0 spiro atoms. The van der Waals surface area contributed by atoms with Gasteiger partial charge < -0.3 is 9.64 Å². The lowest BCUT2D eigenvalue weighted by atomic mass is 10.2. The number of benzene rings is 3. The Labute approximate surface area is 223 Å². The number of halogens is 2. The summed E-state index contributed by atoms with van der Waals surface area (Å²) in [5.41, 5.74) is 2.39. The highest BCUT2D eigenvalue weighted by molar-refractivity contribution is 7.74. The van der Waals surface area contributed by atoms with Crippen LogP contribution in [0, 0.1) is 0 Å². The maximum absolute atomic E-state index is 13.9. The van der Waals surface area contributed by atoms with Crippen molar-refractivity contribution in [3.63, 3.8) is 0 Å². The largest absolute Gasteiger partial charge is 0.425 e. The number of anilines is 2. The Bertz CT molecular complexity index is 1290. The number of carbonyl (C=O) groups is 1. The Morgan fingerprint density at radius 2 is 1.56 bits per heavy atom. The van der Waals surface area contributed by atoms with Crippen LogP contribution in [-0.4, -0.2) is 36.9 Å². The fourth-order valence-electron chi connectivity index (χ4n) is 4.57. The van der Waals surface area contributed by atoms with Crippen molar-refractivity contribution in [2.45, 2.75) is 27.7 Å². The third-order valence-corrected chi connectivity index (χ3v) is 10.9. The number of nitrogens with zero attached hydrogens (tertiary/aromatic N) is 4. The van der Waals surface area contributed by atoms with E-state index in [-0.39, 0.29) is 0 Å². The first-order valence-corrected chi connectivity index (χ1v) is 14.6. The van der Waals surface area contributed by atoms with E-state index in [0.717, 1.165) is 29.8 Å². The molecule has 1 heterocycles. The molecule has 0 N–H and O–H groups in total. The maximum atomic E-state index is 13.9. The van der Waals surface area contributed by atoms with Crippen molar-refractivity contribution < 1.29 is 9.53 Å². The molecule has 3 aromatic carbocycles. The van der Waals surface area contributed by atoms with E-state index in [1.165, 1.54) is 0 Å². The van der Waals surface area contributed by atoms with E-state index in [1.54, 1.807) is 22.9 Å². The molecule has 6 nitrogen and oxygen atoms in total. The van der Waals surface area contributed by atoms with Crippen LogP contribution in [0.4, 0.5) is 21.9 Å². The van der Waals surface area contributed by atoms with Crippen molar-refractivity contribution >= 4 is 59.0 Å². The van der Waals surface area contributed by atoms with Gasteiger partial charge in [-0.05, 0) is 56.3 Å². The maximum Gasteiger partial charge on any atom is 0.425 e. The molecule has 0 bridgehead atoms. The number of fused-ring (bicyclic) bond motifs is 1. The third kappa shape index (κ3) is 4.76. The van der Waals surface area contributed by atoms with Crippen LogP contribution in [-0.2, 0) is 0 Å².